The van der Waals surface area contributed by atoms with E-state index < -0.39 is 0 Å². The fourth-order valence-electron chi connectivity index (χ4n) is 1.81. The molecule has 3 rings (SSSR count). The van der Waals surface area contributed by atoms with E-state index >= 15 is 0 Å². The van der Waals surface area contributed by atoms with Crippen LogP contribution in [0.25, 0.3) is 11.0 Å². The molecule has 0 aliphatic rings. The normalized spacial score (nSPS) is 11.0. The Hall–Kier alpha value is -1.59. The third-order valence-electron chi connectivity index (χ3n) is 2.70. The number of hydrogen-bond donors (Lipinski definition) is 1. The monoisotopic (exact) mass is 278 g/mol. The van der Waals surface area contributed by atoms with Crippen LogP contribution in [0, 0.1) is 0 Å². The highest BCUT2D eigenvalue weighted by Crippen LogP contribution is 2.23. The average molecular weight is 279 g/mol. The van der Waals surface area contributed by atoms with Gasteiger partial charge in [-0.05, 0) is 18.2 Å². The van der Waals surface area contributed by atoms with Crippen LogP contribution in [0.15, 0.2) is 30.7 Å². The number of aryl methyl sites for hydroxylation is 1. The Morgan fingerprint density at radius 3 is 3.00 bits per heavy atom. The number of thiophene rings is 1. The Kier molecular flexibility index (Phi) is 2.93. The number of hydrogen-bond acceptors (Lipinski definition) is 4. The molecule has 0 aromatic carbocycles. The number of imidazole rings is 1. The van der Waals surface area contributed by atoms with E-state index in [-0.39, 0.29) is 0 Å². The Morgan fingerprint density at radius 2 is 2.22 bits per heavy atom. The summed E-state index contributed by atoms with van der Waals surface area (Å²) in [6, 6.07) is 5.87. The Balaban J connectivity index is 1.86. The van der Waals surface area contributed by atoms with Crippen molar-refractivity contribution in [3.8, 4) is 0 Å². The predicted octanol–water partition coefficient (Wildman–Crippen LogP) is 3.30. The minimum absolute atomic E-state index is 0.708. The standard InChI is InChI=1S/C12H11ClN4S/c1-17-7-16-11-9(17)4-5-14-12(11)15-6-8-2-3-10(13)18-8/h2-5,7H,6H2,1H3,(H,14,15). The van der Waals surface area contributed by atoms with Crippen LogP contribution in [-0.4, -0.2) is 14.5 Å². The summed E-state index contributed by atoms with van der Waals surface area (Å²) >= 11 is 7.47. The van der Waals surface area contributed by atoms with E-state index in [4.69, 9.17) is 11.6 Å². The predicted molar refractivity (Wildman–Crippen MR) is 75.2 cm³/mol. The van der Waals surface area contributed by atoms with Crippen LogP contribution in [0.5, 0.6) is 0 Å². The molecule has 1 N–H and O–H groups in total. The molecule has 3 heterocycles. The van der Waals surface area contributed by atoms with Gasteiger partial charge >= 0.3 is 0 Å². The van der Waals surface area contributed by atoms with Crippen LogP contribution in [0.2, 0.25) is 4.34 Å². The third kappa shape index (κ3) is 2.07. The van der Waals surface area contributed by atoms with Crippen LogP contribution in [0.4, 0.5) is 5.82 Å². The van der Waals surface area contributed by atoms with Gasteiger partial charge in [0.1, 0.15) is 5.52 Å². The van der Waals surface area contributed by atoms with Gasteiger partial charge in [-0.2, -0.15) is 0 Å². The summed E-state index contributed by atoms with van der Waals surface area (Å²) in [4.78, 5) is 9.85. The van der Waals surface area contributed by atoms with Crippen LogP contribution in [-0.2, 0) is 13.6 Å². The fourth-order valence-corrected chi connectivity index (χ4v) is 2.84. The molecule has 0 amide bonds. The maximum Gasteiger partial charge on any atom is 0.154 e. The first-order valence-corrected chi connectivity index (χ1v) is 6.67. The lowest BCUT2D eigenvalue weighted by molar-refractivity contribution is 0.947. The summed E-state index contributed by atoms with van der Waals surface area (Å²) in [5, 5.41) is 3.30. The zero-order valence-corrected chi connectivity index (χ0v) is 11.3. The van der Waals surface area contributed by atoms with Crippen LogP contribution in [0.1, 0.15) is 4.88 Å². The topological polar surface area (TPSA) is 42.7 Å². The average Bonchev–Trinajstić information content (AvgIpc) is 2.94. The van der Waals surface area contributed by atoms with Crippen molar-refractivity contribution in [1.82, 2.24) is 14.5 Å². The van der Waals surface area contributed by atoms with E-state index in [1.165, 1.54) is 4.88 Å². The number of rotatable bonds is 3. The number of halogens is 1. The Bertz CT molecular complexity index is 688. The molecule has 0 fully saturated rings. The molecule has 0 unspecified atom stereocenters. The number of fused-ring (bicyclic) bond motifs is 1. The molecule has 0 aliphatic carbocycles. The van der Waals surface area contributed by atoms with Gasteiger partial charge in [0.25, 0.3) is 0 Å². The zero-order chi connectivity index (χ0) is 12.5. The van der Waals surface area contributed by atoms with Gasteiger partial charge in [0.15, 0.2) is 5.82 Å². The Morgan fingerprint density at radius 1 is 1.33 bits per heavy atom. The summed E-state index contributed by atoms with van der Waals surface area (Å²) in [5.41, 5.74) is 1.96. The second kappa shape index (κ2) is 4.59. The third-order valence-corrected chi connectivity index (χ3v) is 3.93. The van der Waals surface area contributed by atoms with Crippen LogP contribution in [0.3, 0.4) is 0 Å². The van der Waals surface area contributed by atoms with Crippen molar-refractivity contribution < 1.29 is 0 Å². The molecule has 0 saturated heterocycles. The molecule has 0 atom stereocenters. The molecular weight excluding hydrogens is 268 g/mol. The van der Waals surface area contributed by atoms with Gasteiger partial charge in [-0.1, -0.05) is 11.6 Å². The zero-order valence-electron chi connectivity index (χ0n) is 9.72. The lowest BCUT2D eigenvalue weighted by Crippen LogP contribution is -2.00. The number of nitrogens with zero attached hydrogens (tertiary/aromatic N) is 3. The molecule has 0 aliphatic heterocycles. The molecule has 3 aromatic heterocycles. The lowest BCUT2D eigenvalue weighted by atomic mass is 10.3. The molecule has 0 spiro atoms. The molecule has 4 nitrogen and oxygen atoms in total. The molecular formula is C12H11ClN4S. The van der Waals surface area contributed by atoms with Gasteiger partial charge in [0.05, 0.1) is 22.7 Å². The summed E-state index contributed by atoms with van der Waals surface area (Å²) in [5.74, 6) is 0.803. The van der Waals surface area contributed by atoms with Crippen molar-refractivity contribution in [2.75, 3.05) is 5.32 Å². The highest BCUT2D eigenvalue weighted by atomic mass is 35.5. The molecule has 6 heteroatoms. The Labute approximate surface area is 113 Å². The number of nitrogens with one attached hydrogen (secondary N) is 1. The van der Waals surface area contributed by atoms with Crippen molar-refractivity contribution in [3.63, 3.8) is 0 Å². The number of pyridine rings is 1. The van der Waals surface area contributed by atoms with Crippen molar-refractivity contribution in [2.24, 2.45) is 7.05 Å². The quantitative estimate of drug-likeness (QED) is 0.799. The summed E-state index contributed by atoms with van der Waals surface area (Å²) in [7, 11) is 1.97. The van der Waals surface area contributed by atoms with Gasteiger partial charge in [0, 0.05) is 18.1 Å². The van der Waals surface area contributed by atoms with E-state index in [0.717, 1.165) is 21.2 Å². The second-order valence-electron chi connectivity index (χ2n) is 3.94. The van der Waals surface area contributed by atoms with Crippen molar-refractivity contribution in [2.45, 2.75) is 6.54 Å². The molecule has 18 heavy (non-hydrogen) atoms. The summed E-state index contributed by atoms with van der Waals surface area (Å²) in [6.45, 7) is 0.708. The van der Waals surface area contributed by atoms with Crippen molar-refractivity contribution >= 4 is 39.8 Å². The number of aromatic nitrogens is 3. The summed E-state index contributed by atoms with van der Waals surface area (Å²) in [6.07, 6.45) is 3.58. The number of anilines is 1. The van der Waals surface area contributed by atoms with Gasteiger partial charge in [-0.25, -0.2) is 9.97 Å². The molecule has 3 aromatic rings. The van der Waals surface area contributed by atoms with Crippen molar-refractivity contribution in [3.05, 3.63) is 39.9 Å². The lowest BCUT2D eigenvalue weighted by Gasteiger charge is -2.04. The molecule has 0 radical (unpaired) electrons. The van der Waals surface area contributed by atoms with Crippen LogP contribution >= 0.6 is 22.9 Å². The maximum absolute atomic E-state index is 5.90. The van der Waals surface area contributed by atoms with E-state index in [1.807, 2.05) is 29.8 Å². The highest BCUT2D eigenvalue weighted by Gasteiger charge is 2.06. The van der Waals surface area contributed by atoms with E-state index in [1.54, 1.807) is 23.9 Å². The smallest absolute Gasteiger partial charge is 0.154 e. The molecule has 0 saturated carbocycles. The van der Waals surface area contributed by atoms with Crippen LogP contribution < -0.4 is 5.32 Å². The maximum atomic E-state index is 5.90. The molecule has 92 valence electrons. The van der Waals surface area contributed by atoms with Gasteiger partial charge in [-0.15, -0.1) is 11.3 Å². The minimum Gasteiger partial charge on any atom is -0.363 e. The highest BCUT2D eigenvalue weighted by molar-refractivity contribution is 7.16. The fraction of sp³-hybridized carbons (Fsp3) is 0.167. The second-order valence-corrected chi connectivity index (χ2v) is 5.74. The minimum atomic E-state index is 0.708. The SMILES string of the molecule is Cn1cnc2c(NCc3ccc(Cl)s3)nccc21. The van der Waals surface area contributed by atoms with Crippen molar-refractivity contribution in [1.29, 1.82) is 0 Å². The first-order valence-electron chi connectivity index (χ1n) is 5.48. The first kappa shape index (κ1) is 11.5. The van der Waals surface area contributed by atoms with Gasteiger partial charge in [0.2, 0.25) is 0 Å². The molecule has 0 bridgehead atoms. The first-order chi connectivity index (χ1) is 8.74. The van der Waals surface area contributed by atoms with Gasteiger partial charge < -0.3 is 9.88 Å². The summed E-state index contributed by atoms with van der Waals surface area (Å²) < 4.78 is 2.78. The van der Waals surface area contributed by atoms with E-state index in [0.29, 0.717) is 6.54 Å². The largest absolute Gasteiger partial charge is 0.363 e. The van der Waals surface area contributed by atoms with E-state index in [2.05, 4.69) is 15.3 Å². The van der Waals surface area contributed by atoms with E-state index in [9.17, 15) is 0 Å². The van der Waals surface area contributed by atoms with Gasteiger partial charge in [-0.3, -0.25) is 0 Å².